The maximum Gasteiger partial charge on any atom is 0.254 e. The van der Waals surface area contributed by atoms with Crippen LogP contribution in [-0.2, 0) is 11.8 Å². The number of halogens is 1. The van der Waals surface area contributed by atoms with Crippen LogP contribution in [0.2, 0.25) is 0 Å². The number of nitrogens with zero attached hydrogens (tertiary/aromatic N) is 5. The van der Waals surface area contributed by atoms with Crippen molar-refractivity contribution in [3.8, 4) is 17.3 Å². The summed E-state index contributed by atoms with van der Waals surface area (Å²) in [7, 11) is 3.51. The number of imidazole rings is 1. The van der Waals surface area contributed by atoms with Crippen LogP contribution < -0.4 is 21.1 Å². The molecule has 1 saturated heterocycles. The van der Waals surface area contributed by atoms with Crippen molar-refractivity contribution >= 4 is 39.4 Å². The minimum absolute atomic E-state index is 0.0255. The maximum absolute atomic E-state index is 14.2. The summed E-state index contributed by atoms with van der Waals surface area (Å²) in [6.45, 7) is 3.81. The van der Waals surface area contributed by atoms with Gasteiger partial charge in [0.1, 0.15) is 17.4 Å². The van der Waals surface area contributed by atoms with Gasteiger partial charge in [0.05, 0.1) is 42.1 Å². The zero-order valence-corrected chi connectivity index (χ0v) is 23.6. The number of anilines is 1. The summed E-state index contributed by atoms with van der Waals surface area (Å²) in [5, 5.41) is 1.08. The standard InChI is InChI=1S/C30H36FN7O3/c1-4-21-16-36(9-8-26(33)39)23-7-5-6-17-11-24(38(21)27(17)23)29-34-22-10-18(12-25(41-3)28(22)35(29)2)30(40)37-14-19(31)13-20(32)15-37/h5-7,10-12,19-21H,4,8-9,13-16,32H2,1-3H3,(H2,33,39)/t19-,20-,21?/m1/s1. The average Bonchev–Trinajstić information content (AvgIpc) is 3.50. The molecule has 3 atom stereocenters. The predicted molar refractivity (Wildman–Crippen MR) is 157 cm³/mol. The summed E-state index contributed by atoms with van der Waals surface area (Å²) in [6.07, 6.45) is 0.296. The lowest BCUT2D eigenvalue weighted by Crippen LogP contribution is -2.50. The van der Waals surface area contributed by atoms with Crippen molar-refractivity contribution in [3.63, 3.8) is 0 Å². The highest BCUT2D eigenvalue weighted by Crippen LogP contribution is 2.42. The Hall–Kier alpha value is -4.12. The zero-order valence-electron chi connectivity index (χ0n) is 23.6. The second-order valence-corrected chi connectivity index (χ2v) is 11.2. The Morgan fingerprint density at radius 1 is 1.15 bits per heavy atom. The van der Waals surface area contributed by atoms with Crippen molar-refractivity contribution < 1.29 is 18.7 Å². The van der Waals surface area contributed by atoms with Crippen molar-refractivity contribution in [1.29, 1.82) is 0 Å². The Balaban J connectivity index is 1.47. The number of methoxy groups -OCH3 is 1. The number of primary amides is 1. The smallest absolute Gasteiger partial charge is 0.254 e. The molecule has 11 heteroatoms. The minimum Gasteiger partial charge on any atom is -0.494 e. The molecule has 10 nitrogen and oxygen atoms in total. The Kier molecular flexibility index (Phi) is 6.85. The summed E-state index contributed by atoms with van der Waals surface area (Å²) in [5.74, 6) is 0.666. The van der Waals surface area contributed by atoms with E-state index < -0.39 is 12.2 Å². The number of carbonyl (C=O) groups excluding carboxylic acids is 2. The van der Waals surface area contributed by atoms with Crippen LogP contribution in [0.4, 0.5) is 10.1 Å². The first-order valence-corrected chi connectivity index (χ1v) is 14.1. The van der Waals surface area contributed by atoms with Gasteiger partial charge >= 0.3 is 0 Å². The molecule has 2 aliphatic heterocycles. The molecule has 4 aromatic rings. The fraction of sp³-hybridized carbons (Fsp3) is 0.433. The van der Waals surface area contributed by atoms with Gasteiger partial charge in [-0.25, -0.2) is 9.37 Å². The number of ether oxygens (including phenoxy) is 1. The molecule has 216 valence electrons. The molecule has 2 amide bonds. The first kappa shape index (κ1) is 27.1. The quantitative estimate of drug-likeness (QED) is 0.357. The summed E-state index contributed by atoms with van der Waals surface area (Å²) < 4.78 is 24.3. The van der Waals surface area contributed by atoms with E-state index in [9.17, 15) is 14.0 Å². The Morgan fingerprint density at radius 3 is 2.66 bits per heavy atom. The van der Waals surface area contributed by atoms with Crippen LogP contribution >= 0.6 is 0 Å². The van der Waals surface area contributed by atoms with Gasteiger partial charge in [0.25, 0.3) is 5.91 Å². The van der Waals surface area contributed by atoms with Crippen LogP contribution in [0.1, 0.15) is 42.6 Å². The van der Waals surface area contributed by atoms with Crippen molar-refractivity contribution in [1.82, 2.24) is 19.0 Å². The zero-order chi connectivity index (χ0) is 29.0. The van der Waals surface area contributed by atoms with E-state index >= 15 is 0 Å². The largest absolute Gasteiger partial charge is 0.494 e. The van der Waals surface area contributed by atoms with Crippen molar-refractivity contribution in [2.45, 2.75) is 44.4 Å². The van der Waals surface area contributed by atoms with E-state index in [1.807, 2.05) is 17.7 Å². The molecule has 1 fully saturated rings. The Labute approximate surface area is 237 Å². The number of hydrogen-bond donors (Lipinski definition) is 2. The van der Waals surface area contributed by atoms with E-state index in [1.165, 1.54) is 4.90 Å². The van der Waals surface area contributed by atoms with E-state index in [-0.39, 0.29) is 30.8 Å². The third kappa shape index (κ3) is 4.57. The lowest BCUT2D eigenvalue weighted by atomic mass is 10.0. The first-order valence-electron chi connectivity index (χ1n) is 14.1. The van der Waals surface area contributed by atoms with Gasteiger partial charge < -0.3 is 35.1 Å². The molecule has 41 heavy (non-hydrogen) atoms. The number of fused-ring (bicyclic) bond motifs is 1. The number of carbonyl (C=O) groups is 2. The van der Waals surface area contributed by atoms with Crippen LogP contribution in [0.5, 0.6) is 5.75 Å². The Bertz CT molecular complexity index is 1650. The fourth-order valence-corrected chi connectivity index (χ4v) is 6.52. The highest BCUT2D eigenvalue weighted by Gasteiger charge is 2.32. The van der Waals surface area contributed by atoms with E-state index in [1.54, 1.807) is 19.2 Å². The number of likely N-dealkylation sites (tertiary alicyclic amines) is 1. The highest BCUT2D eigenvalue weighted by molar-refractivity contribution is 6.01. The summed E-state index contributed by atoms with van der Waals surface area (Å²) >= 11 is 0. The molecule has 4 N–H and O–H groups in total. The summed E-state index contributed by atoms with van der Waals surface area (Å²) in [6, 6.07) is 11.6. The molecule has 0 saturated carbocycles. The van der Waals surface area contributed by atoms with E-state index in [4.69, 9.17) is 21.2 Å². The molecule has 0 bridgehead atoms. The summed E-state index contributed by atoms with van der Waals surface area (Å²) in [4.78, 5) is 33.7. The van der Waals surface area contributed by atoms with Gasteiger partial charge in [0, 0.05) is 50.1 Å². The van der Waals surface area contributed by atoms with Gasteiger partial charge in [-0.2, -0.15) is 0 Å². The van der Waals surface area contributed by atoms with E-state index in [2.05, 4.69) is 34.6 Å². The van der Waals surface area contributed by atoms with Crippen LogP contribution in [-0.4, -0.2) is 76.3 Å². The molecule has 2 aliphatic rings. The third-order valence-corrected chi connectivity index (χ3v) is 8.42. The normalized spacial score (nSPS) is 20.7. The number of alkyl halides is 1. The van der Waals surface area contributed by atoms with Gasteiger partial charge in [0.15, 0.2) is 5.82 Å². The number of hydrogen-bond acceptors (Lipinski definition) is 6. The predicted octanol–water partition coefficient (Wildman–Crippen LogP) is 3.36. The Morgan fingerprint density at radius 2 is 1.95 bits per heavy atom. The number of benzene rings is 2. The SMILES string of the molecule is CCC1CN(CCC(N)=O)c2cccc3cc(-c4nc5cc(C(=O)N6C[C@H](N)C[C@@H](F)C6)cc(OC)c5n4C)n1c23. The second kappa shape index (κ2) is 10.4. The van der Waals surface area contributed by atoms with Crippen LogP contribution in [0, 0.1) is 0 Å². The highest BCUT2D eigenvalue weighted by atomic mass is 19.1. The number of aromatic nitrogens is 3. The number of aryl methyl sites for hydroxylation is 1. The molecular weight excluding hydrogens is 525 g/mol. The fourth-order valence-electron chi connectivity index (χ4n) is 6.52. The van der Waals surface area contributed by atoms with Gasteiger partial charge in [0.2, 0.25) is 5.91 Å². The van der Waals surface area contributed by atoms with Crippen LogP contribution in [0.3, 0.4) is 0 Å². The van der Waals surface area contributed by atoms with Crippen LogP contribution in [0.25, 0.3) is 33.5 Å². The topological polar surface area (TPSA) is 125 Å². The van der Waals surface area contributed by atoms with Crippen molar-refractivity contribution in [3.05, 3.63) is 42.0 Å². The first-order chi connectivity index (χ1) is 19.7. The lowest BCUT2D eigenvalue weighted by molar-refractivity contribution is -0.117. The number of rotatable bonds is 7. The van der Waals surface area contributed by atoms with Crippen LogP contribution in [0.15, 0.2) is 36.4 Å². The molecule has 6 rings (SSSR count). The summed E-state index contributed by atoms with van der Waals surface area (Å²) in [5.41, 5.74) is 16.4. The van der Waals surface area contributed by atoms with Gasteiger partial charge in [-0.05, 0) is 37.1 Å². The molecule has 0 spiro atoms. The van der Waals surface area contributed by atoms with E-state index in [0.29, 0.717) is 36.3 Å². The molecule has 1 unspecified atom stereocenters. The molecular formula is C30H36FN7O3. The van der Waals surface area contributed by atoms with Crippen molar-refractivity contribution in [2.24, 2.45) is 18.5 Å². The number of piperidine rings is 1. The maximum atomic E-state index is 14.2. The van der Waals surface area contributed by atoms with E-state index in [0.717, 1.165) is 46.6 Å². The van der Waals surface area contributed by atoms with Gasteiger partial charge in [-0.1, -0.05) is 19.1 Å². The number of nitrogens with two attached hydrogens (primary N) is 2. The second-order valence-electron chi connectivity index (χ2n) is 11.2. The molecule has 2 aromatic heterocycles. The average molecular weight is 562 g/mol. The monoisotopic (exact) mass is 561 g/mol. The lowest BCUT2D eigenvalue weighted by Gasteiger charge is -2.36. The third-order valence-electron chi connectivity index (χ3n) is 8.42. The van der Waals surface area contributed by atoms with Crippen molar-refractivity contribution in [2.75, 3.05) is 38.2 Å². The number of para-hydroxylation sites is 1. The van der Waals surface area contributed by atoms with Gasteiger partial charge in [-0.3, -0.25) is 9.59 Å². The molecule has 0 radical (unpaired) electrons. The molecule has 2 aromatic carbocycles. The minimum atomic E-state index is -1.14. The van der Waals surface area contributed by atoms with Gasteiger partial charge in [-0.15, -0.1) is 0 Å². The number of amides is 2. The molecule has 0 aliphatic carbocycles. The molecule has 4 heterocycles.